The number of rotatable bonds is 3. The normalized spacial score (nSPS) is 18.0. The minimum Gasteiger partial charge on any atom is -0.480 e. The lowest BCUT2D eigenvalue weighted by atomic mass is 10.2. The molecule has 0 unspecified atom stereocenters. The Morgan fingerprint density at radius 1 is 1.22 bits per heavy atom. The molecule has 1 aliphatic rings. The number of nitrogens with zero attached hydrogens (tertiary/aromatic N) is 1. The van der Waals surface area contributed by atoms with Gasteiger partial charge in [-0.05, 0) is 29.8 Å². The van der Waals surface area contributed by atoms with Gasteiger partial charge in [-0.15, -0.1) is 11.3 Å². The molecule has 0 bridgehead atoms. The maximum atomic E-state index is 13.0. The van der Waals surface area contributed by atoms with Crippen molar-refractivity contribution >= 4 is 23.2 Å². The summed E-state index contributed by atoms with van der Waals surface area (Å²) in [6, 6.07) is 8.49. The van der Waals surface area contributed by atoms with Crippen LogP contribution >= 0.6 is 11.3 Å². The highest BCUT2D eigenvalue weighted by atomic mass is 32.1. The van der Waals surface area contributed by atoms with Crippen LogP contribution in [0.3, 0.4) is 0 Å². The van der Waals surface area contributed by atoms with E-state index in [1.165, 1.54) is 28.4 Å². The number of carbonyl (C=O) groups is 2. The van der Waals surface area contributed by atoms with Crippen LogP contribution < -0.4 is 0 Å². The zero-order valence-corrected chi connectivity index (χ0v) is 12.9. The van der Waals surface area contributed by atoms with Gasteiger partial charge in [0.15, 0.2) is 6.04 Å². The minimum absolute atomic E-state index is 0.00271. The highest BCUT2D eigenvalue weighted by Crippen LogP contribution is 2.29. The first kappa shape index (κ1) is 15.6. The quantitative estimate of drug-likeness (QED) is 0.936. The third-order valence-electron chi connectivity index (χ3n) is 3.62. The number of hydrogen-bond acceptors (Lipinski definition) is 4. The van der Waals surface area contributed by atoms with Crippen LogP contribution in [-0.4, -0.2) is 47.7 Å². The monoisotopic (exact) mass is 335 g/mol. The maximum absolute atomic E-state index is 13.0. The van der Waals surface area contributed by atoms with E-state index in [1.807, 2.05) is 0 Å². The number of hydrogen-bond donors (Lipinski definition) is 1. The number of benzene rings is 1. The molecule has 1 N–H and O–H groups in total. The molecule has 0 radical (unpaired) electrons. The molecule has 0 saturated carbocycles. The van der Waals surface area contributed by atoms with Gasteiger partial charge in [0.2, 0.25) is 0 Å². The van der Waals surface area contributed by atoms with Gasteiger partial charge in [0.1, 0.15) is 5.82 Å². The molecule has 120 valence electrons. The first-order valence-corrected chi connectivity index (χ1v) is 7.85. The molecule has 1 saturated heterocycles. The van der Waals surface area contributed by atoms with Gasteiger partial charge in [0, 0.05) is 11.4 Å². The molecular weight excluding hydrogens is 321 g/mol. The fraction of sp³-hybridized carbons (Fsp3) is 0.250. The van der Waals surface area contributed by atoms with E-state index in [2.05, 4.69) is 0 Å². The summed E-state index contributed by atoms with van der Waals surface area (Å²) in [6.07, 6.45) is 0. The molecule has 2 aromatic rings. The van der Waals surface area contributed by atoms with Crippen LogP contribution in [0.2, 0.25) is 0 Å². The van der Waals surface area contributed by atoms with E-state index in [1.54, 1.807) is 24.3 Å². The fourth-order valence-electron chi connectivity index (χ4n) is 2.42. The summed E-state index contributed by atoms with van der Waals surface area (Å²) in [5.41, 5.74) is 0.812. The van der Waals surface area contributed by atoms with E-state index in [0.29, 0.717) is 11.5 Å². The first-order chi connectivity index (χ1) is 11.1. The Balaban J connectivity index is 1.83. The number of carbonyl (C=O) groups excluding carboxylic acids is 1. The average molecular weight is 335 g/mol. The summed E-state index contributed by atoms with van der Waals surface area (Å²) in [4.78, 5) is 26.4. The summed E-state index contributed by atoms with van der Waals surface area (Å²) in [7, 11) is 0. The van der Waals surface area contributed by atoms with E-state index < -0.39 is 12.0 Å². The lowest BCUT2D eigenvalue weighted by molar-refractivity contribution is -0.147. The lowest BCUT2D eigenvalue weighted by Crippen LogP contribution is -2.52. The van der Waals surface area contributed by atoms with Crippen molar-refractivity contribution in [1.29, 1.82) is 0 Å². The van der Waals surface area contributed by atoms with Gasteiger partial charge >= 0.3 is 5.97 Å². The van der Waals surface area contributed by atoms with Crippen molar-refractivity contribution in [3.63, 3.8) is 0 Å². The lowest BCUT2D eigenvalue weighted by Gasteiger charge is -2.32. The van der Waals surface area contributed by atoms with Gasteiger partial charge in [-0.25, -0.2) is 9.18 Å². The highest BCUT2D eigenvalue weighted by molar-refractivity contribution is 7.17. The van der Waals surface area contributed by atoms with Gasteiger partial charge in [0.05, 0.1) is 18.1 Å². The largest absolute Gasteiger partial charge is 0.480 e. The molecule has 1 aliphatic heterocycles. The molecule has 3 rings (SSSR count). The van der Waals surface area contributed by atoms with Crippen molar-refractivity contribution in [3.05, 3.63) is 47.1 Å². The Hall–Kier alpha value is -2.25. The standard InChI is InChI=1S/C16H14FNO4S/c17-11-3-1-10(2-4-11)13-5-6-14(23-13)15(19)18-7-8-22-9-12(18)16(20)21/h1-6,12H,7-9H2,(H,20,21)/t12-/m0/s1. The number of thiophene rings is 1. The van der Waals surface area contributed by atoms with Crippen LogP contribution in [0, 0.1) is 5.82 Å². The van der Waals surface area contributed by atoms with E-state index in [0.717, 1.165) is 10.4 Å². The number of ether oxygens (including phenoxy) is 1. The summed E-state index contributed by atoms with van der Waals surface area (Å²) >= 11 is 1.26. The Morgan fingerprint density at radius 2 is 1.96 bits per heavy atom. The Kier molecular flexibility index (Phi) is 4.40. The van der Waals surface area contributed by atoms with Crippen molar-refractivity contribution in [2.75, 3.05) is 19.8 Å². The smallest absolute Gasteiger partial charge is 0.328 e. The molecule has 2 heterocycles. The third-order valence-corrected chi connectivity index (χ3v) is 4.74. The van der Waals surface area contributed by atoms with E-state index in [9.17, 15) is 19.1 Å². The summed E-state index contributed by atoms with van der Waals surface area (Å²) in [6.45, 7) is 0.572. The number of aliphatic carboxylic acids is 1. The molecule has 0 aliphatic carbocycles. The number of amides is 1. The summed E-state index contributed by atoms with van der Waals surface area (Å²) in [5, 5.41) is 9.21. The van der Waals surface area contributed by atoms with Crippen LogP contribution in [0.15, 0.2) is 36.4 Å². The predicted octanol–water partition coefficient (Wildman–Crippen LogP) is 2.48. The van der Waals surface area contributed by atoms with Crippen LogP contribution in [0.1, 0.15) is 9.67 Å². The Bertz CT molecular complexity index is 728. The number of morpholine rings is 1. The summed E-state index contributed by atoms with van der Waals surface area (Å²) < 4.78 is 18.1. The topological polar surface area (TPSA) is 66.8 Å². The van der Waals surface area contributed by atoms with E-state index >= 15 is 0 Å². The molecule has 5 nitrogen and oxygen atoms in total. The molecule has 23 heavy (non-hydrogen) atoms. The van der Waals surface area contributed by atoms with Crippen molar-refractivity contribution in [2.24, 2.45) is 0 Å². The van der Waals surface area contributed by atoms with E-state index in [-0.39, 0.29) is 24.9 Å². The van der Waals surface area contributed by atoms with Gasteiger partial charge in [-0.3, -0.25) is 4.79 Å². The van der Waals surface area contributed by atoms with Crippen LogP contribution in [0.25, 0.3) is 10.4 Å². The predicted molar refractivity (Wildman–Crippen MR) is 83.0 cm³/mol. The van der Waals surface area contributed by atoms with Crippen LogP contribution in [0.4, 0.5) is 4.39 Å². The highest BCUT2D eigenvalue weighted by Gasteiger charge is 2.33. The maximum Gasteiger partial charge on any atom is 0.328 e. The number of carboxylic acid groups (broad SMARTS) is 1. The second kappa shape index (κ2) is 6.47. The van der Waals surface area contributed by atoms with Gasteiger partial charge in [0.25, 0.3) is 5.91 Å². The third kappa shape index (κ3) is 3.25. The average Bonchev–Trinajstić information content (AvgIpc) is 3.04. The number of halogens is 1. The van der Waals surface area contributed by atoms with E-state index in [4.69, 9.17) is 4.74 Å². The van der Waals surface area contributed by atoms with Gasteiger partial charge < -0.3 is 14.7 Å². The molecule has 1 aromatic heterocycles. The van der Waals surface area contributed by atoms with Crippen LogP contribution in [0.5, 0.6) is 0 Å². The van der Waals surface area contributed by atoms with Crippen molar-refractivity contribution in [2.45, 2.75) is 6.04 Å². The number of carboxylic acids is 1. The van der Waals surface area contributed by atoms with Gasteiger partial charge in [-0.2, -0.15) is 0 Å². The molecular formula is C16H14FNO4S. The zero-order valence-electron chi connectivity index (χ0n) is 12.1. The van der Waals surface area contributed by atoms with Crippen molar-refractivity contribution < 1.29 is 23.8 Å². The molecule has 1 amide bonds. The first-order valence-electron chi connectivity index (χ1n) is 7.03. The second-order valence-electron chi connectivity index (χ2n) is 5.10. The zero-order chi connectivity index (χ0) is 16.4. The SMILES string of the molecule is O=C(O)[C@@H]1COCCN1C(=O)c1ccc(-c2ccc(F)cc2)s1. The van der Waals surface area contributed by atoms with Crippen molar-refractivity contribution in [3.8, 4) is 10.4 Å². The molecule has 1 fully saturated rings. The van der Waals surface area contributed by atoms with Crippen LogP contribution in [-0.2, 0) is 9.53 Å². The molecule has 0 spiro atoms. The molecule has 7 heteroatoms. The minimum atomic E-state index is -1.08. The molecule has 1 atom stereocenters. The Morgan fingerprint density at radius 3 is 2.65 bits per heavy atom. The summed E-state index contributed by atoms with van der Waals surface area (Å²) in [5.74, 6) is -1.72. The fourth-order valence-corrected chi connectivity index (χ4v) is 3.38. The van der Waals surface area contributed by atoms with Gasteiger partial charge in [-0.1, -0.05) is 12.1 Å². The second-order valence-corrected chi connectivity index (χ2v) is 6.18. The molecule has 1 aromatic carbocycles. The van der Waals surface area contributed by atoms with Crippen molar-refractivity contribution in [1.82, 2.24) is 4.90 Å². The Labute approximate surface area is 135 Å².